The first-order valence-electron chi connectivity index (χ1n) is 8.22. The minimum atomic E-state index is -4.40. The summed E-state index contributed by atoms with van der Waals surface area (Å²) in [5, 5.41) is 13.6. The molecule has 1 amide bonds. The van der Waals surface area contributed by atoms with E-state index in [0.717, 1.165) is 23.1 Å². The lowest BCUT2D eigenvalue weighted by atomic mass is 10.1. The predicted octanol–water partition coefficient (Wildman–Crippen LogP) is 3.31. The monoisotopic (exact) mass is 416 g/mol. The number of nitrogens with zero attached hydrogens (tertiary/aromatic N) is 1. The fourth-order valence-electron chi connectivity index (χ4n) is 2.47. The molecule has 0 bridgehead atoms. The highest BCUT2D eigenvalue weighted by molar-refractivity contribution is 6.33. The number of likely N-dealkylation sites (N-methyl/N-ethyl adjacent to an activating group) is 1. The maximum absolute atomic E-state index is 12.6. The van der Waals surface area contributed by atoms with Crippen LogP contribution in [0.3, 0.4) is 0 Å². The van der Waals surface area contributed by atoms with Crippen LogP contribution in [0.1, 0.15) is 18.1 Å². The fraction of sp³-hybridized carbons (Fsp3) is 0.278. The SMILES string of the molecule is C[C@H](C(=O)Nc1cc([N+](=O)[O-])ccc1Cl)[NH+](C)Cc1ccc(C(F)(F)F)cc1. The number of benzene rings is 2. The third kappa shape index (κ3) is 5.43. The lowest BCUT2D eigenvalue weighted by Gasteiger charge is -2.21. The van der Waals surface area contributed by atoms with Crippen LogP contribution < -0.4 is 10.2 Å². The number of carbonyl (C=O) groups is 1. The standard InChI is InChI=1S/C18H17ClF3N3O3/c1-11(17(26)23-16-9-14(25(27)28)7-8-15(16)19)24(2)10-12-3-5-13(6-4-12)18(20,21)22/h3-9,11H,10H2,1-2H3,(H,23,26)/p+1/t11-/m1/s1. The number of alkyl halides is 3. The molecule has 28 heavy (non-hydrogen) atoms. The van der Waals surface area contributed by atoms with Gasteiger partial charge in [0.1, 0.15) is 6.54 Å². The van der Waals surface area contributed by atoms with E-state index >= 15 is 0 Å². The number of quaternary nitrogens is 1. The summed E-state index contributed by atoms with van der Waals surface area (Å²) < 4.78 is 37.9. The average Bonchev–Trinajstić information content (AvgIpc) is 2.62. The van der Waals surface area contributed by atoms with Gasteiger partial charge < -0.3 is 10.2 Å². The van der Waals surface area contributed by atoms with Gasteiger partial charge in [-0.3, -0.25) is 14.9 Å². The maximum atomic E-state index is 12.6. The van der Waals surface area contributed by atoms with Crippen molar-refractivity contribution >= 4 is 28.9 Å². The van der Waals surface area contributed by atoms with Crippen LogP contribution >= 0.6 is 11.6 Å². The number of rotatable bonds is 6. The van der Waals surface area contributed by atoms with Gasteiger partial charge in [-0.1, -0.05) is 23.7 Å². The Morgan fingerprint density at radius 2 is 1.86 bits per heavy atom. The molecule has 1 unspecified atom stereocenters. The van der Waals surface area contributed by atoms with E-state index in [0.29, 0.717) is 12.1 Å². The molecule has 0 aliphatic rings. The molecule has 0 aliphatic carbocycles. The Morgan fingerprint density at radius 1 is 1.25 bits per heavy atom. The second-order valence-electron chi connectivity index (χ2n) is 6.35. The molecular formula is C18H18ClF3N3O3+. The van der Waals surface area contributed by atoms with Gasteiger partial charge in [-0.05, 0) is 25.1 Å². The summed E-state index contributed by atoms with van der Waals surface area (Å²) in [5.41, 5.74) is -0.189. The molecule has 6 nitrogen and oxygen atoms in total. The first-order chi connectivity index (χ1) is 13.0. The first kappa shape index (κ1) is 21.6. The molecule has 2 rings (SSSR count). The molecule has 2 atom stereocenters. The topological polar surface area (TPSA) is 76.7 Å². The summed E-state index contributed by atoms with van der Waals surface area (Å²) in [5.74, 6) is -0.424. The van der Waals surface area contributed by atoms with Crippen molar-refractivity contribution in [2.24, 2.45) is 0 Å². The van der Waals surface area contributed by atoms with Crippen molar-refractivity contribution in [3.63, 3.8) is 0 Å². The van der Waals surface area contributed by atoms with Crippen LogP contribution in [-0.4, -0.2) is 23.9 Å². The van der Waals surface area contributed by atoms with E-state index in [9.17, 15) is 28.1 Å². The van der Waals surface area contributed by atoms with E-state index in [-0.39, 0.29) is 16.4 Å². The van der Waals surface area contributed by atoms with Gasteiger partial charge in [0.15, 0.2) is 6.04 Å². The van der Waals surface area contributed by atoms with Gasteiger partial charge in [0, 0.05) is 17.7 Å². The number of nitro groups is 1. The molecule has 2 N–H and O–H groups in total. The molecule has 0 radical (unpaired) electrons. The van der Waals surface area contributed by atoms with E-state index in [1.165, 1.54) is 24.3 Å². The molecule has 0 aliphatic heterocycles. The van der Waals surface area contributed by atoms with Crippen LogP contribution in [0.25, 0.3) is 0 Å². The minimum Gasteiger partial charge on any atom is -0.324 e. The fourth-order valence-corrected chi connectivity index (χ4v) is 2.64. The molecule has 0 heterocycles. The lowest BCUT2D eigenvalue weighted by Crippen LogP contribution is -3.12. The third-order valence-corrected chi connectivity index (χ3v) is 4.64. The van der Waals surface area contributed by atoms with Crippen LogP contribution in [0, 0.1) is 10.1 Å². The molecule has 0 fully saturated rings. The number of non-ortho nitro benzene ring substituents is 1. The van der Waals surface area contributed by atoms with Crippen molar-refractivity contribution in [1.29, 1.82) is 0 Å². The summed E-state index contributed by atoms with van der Waals surface area (Å²) in [6, 6.07) is 7.85. The quantitative estimate of drug-likeness (QED) is 0.560. The van der Waals surface area contributed by atoms with Crippen molar-refractivity contribution in [1.82, 2.24) is 0 Å². The highest BCUT2D eigenvalue weighted by atomic mass is 35.5. The normalized spacial score (nSPS) is 13.6. The second kappa shape index (κ2) is 8.57. The highest BCUT2D eigenvalue weighted by Gasteiger charge is 2.30. The molecule has 2 aromatic rings. The number of hydrogen-bond donors (Lipinski definition) is 2. The van der Waals surface area contributed by atoms with E-state index in [1.54, 1.807) is 14.0 Å². The summed E-state index contributed by atoms with van der Waals surface area (Å²) in [4.78, 5) is 23.4. The number of carbonyl (C=O) groups excluding carboxylic acids is 1. The van der Waals surface area contributed by atoms with E-state index in [2.05, 4.69) is 5.32 Å². The summed E-state index contributed by atoms with van der Waals surface area (Å²) >= 11 is 5.97. The number of nitro benzene ring substituents is 1. The van der Waals surface area contributed by atoms with Gasteiger partial charge in [-0.2, -0.15) is 13.2 Å². The zero-order valence-electron chi connectivity index (χ0n) is 15.0. The molecule has 0 spiro atoms. The largest absolute Gasteiger partial charge is 0.416 e. The van der Waals surface area contributed by atoms with Crippen LogP contribution in [-0.2, 0) is 17.5 Å². The van der Waals surface area contributed by atoms with Crippen LogP contribution in [0.15, 0.2) is 42.5 Å². The van der Waals surface area contributed by atoms with E-state index in [1.807, 2.05) is 0 Å². The lowest BCUT2D eigenvalue weighted by molar-refractivity contribution is -0.907. The van der Waals surface area contributed by atoms with E-state index in [4.69, 9.17) is 11.6 Å². The predicted molar refractivity (Wildman–Crippen MR) is 98.2 cm³/mol. The first-order valence-corrected chi connectivity index (χ1v) is 8.60. The van der Waals surface area contributed by atoms with Crippen LogP contribution in [0.2, 0.25) is 5.02 Å². The van der Waals surface area contributed by atoms with Crippen molar-refractivity contribution in [2.45, 2.75) is 25.7 Å². The Hall–Kier alpha value is -2.65. The van der Waals surface area contributed by atoms with Crippen molar-refractivity contribution in [2.75, 3.05) is 12.4 Å². The molecule has 0 saturated heterocycles. The second-order valence-corrected chi connectivity index (χ2v) is 6.76. The number of amides is 1. The zero-order valence-corrected chi connectivity index (χ0v) is 15.8. The summed E-state index contributed by atoms with van der Waals surface area (Å²) in [6.45, 7) is 1.95. The Labute approximate surface area is 164 Å². The van der Waals surface area contributed by atoms with Crippen molar-refractivity contribution in [3.8, 4) is 0 Å². The summed E-state index contributed by atoms with van der Waals surface area (Å²) in [6.07, 6.45) is -4.40. The number of anilines is 1. The Kier molecular flexibility index (Phi) is 6.63. The van der Waals surface area contributed by atoms with E-state index < -0.39 is 28.6 Å². The minimum absolute atomic E-state index is 0.120. The van der Waals surface area contributed by atoms with Gasteiger partial charge in [-0.25, -0.2) is 0 Å². The molecule has 10 heteroatoms. The van der Waals surface area contributed by atoms with Crippen molar-refractivity contribution in [3.05, 3.63) is 68.7 Å². The van der Waals surface area contributed by atoms with Crippen LogP contribution in [0.4, 0.5) is 24.5 Å². The number of halogens is 4. The zero-order chi connectivity index (χ0) is 21.1. The van der Waals surface area contributed by atoms with Gasteiger partial charge in [0.25, 0.3) is 11.6 Å². The van der Waals surface area contributed by atoms with Gasteiger partial charge in [-0.15, -0.1) is 0 Å². The highest BCUT2D eigenvalue weighted by Crippen LogP contribution is 2.29. The Balaban J connectivity index is 2.04. The molecule has 2 aromatic carbocycles. The smallest absolute Gasteiger partial charge is 0.324 e. The van der Waals surface area contributed by atoms with Crippen LogP contribution in [0.5, 0.6) is 0 Å². The van der Waals surface area contributed by atoms with Gasteiger partial charge in [0.05, 0.1) is 28.2 Å². The maximum Gasteiger partial charge on any atom is 0.416 e. The van der Waals surface area contributed by atoms with Gasteiger partial charge >= 0.3 is 6.18 Å². The molecular weight excluding hydrogens is 399 g/mol. The van der Waals surface area contributed by atoms with Crippen molar-refractivity contribution < 1.29 is 27.8 Å². The Bertz CT molecular complexity index is 873. The average molecular weight is 417 g/mol. The van der Waals surface area contributed by atoms with Gasteiger partial charge in [0.2, 0.25) is 0 Å². The Morgan fingerprint density at radius 3 is 2.39 bits per heavy atom. The molecule has 0 aromatic heterocycles. The molecule has 150 valence electrons. The third-order valence-electron chi connectivity index (χ3n) is 4.32. The number of nitrogens with one attached hydrogen (secondary N) is 2. The summed E-state index contributed by atoms with van der Waals surface area (Å²) in [7, 11) is 1.72. The molecule has 0 saturated carbocycles. The number of hydrogen-bond acceptors (Lipinski definition) is 3.